The van der Waals surface area contributed by atoms with Crippen LogP contribution in [0.1, 0.15) is 0 Å². The summed E-state index contributed by atoms with van der Waals surface area (Å²) in [6, 6.07) is 84.2. The number of para-hydroxylation sites is 3. The van der Waals surface area contributed by atoms with Crippen LogP contribution in [0.25, 0.3) is 99.5 Å². The molecule has 0 fully saturated rings. The molecule has 0 N–H and O–H groups in total. The highest BCUT2D eigenvalue weighted by Crippen LogP contribution is 2.41. The van der Waals surface area contributed by atoms with E-state index in [9.17, 15) is 0 Å². The second kappa shape index (κ2) is 15.3. The molecule has 0 atom stereocenters. The van der Waals surface area contributed by atoms with Gasteiger partial charge in [-0.25, -0.2) is 0 Å². The molecular weight excluding hydrogens is 767 g/mol. The van der Waals surface area contributed by atoms with Crippen LogP contribution in [0.15, 0.2) is 245 Å². The largest absolute Gasteiger partial charge is 0.456 e. The summed E-state index contributed by atoms with van der Waals surface area (Å²) in [5.41, 5.74) is 18.5. The minimum atomic E-state index is 0.899. The summed E-state index contributed by atoms with van der Waals surface area (Å²) in [7, 11) is 0. The smallest absolute Gasteiger partial charge is 0.143 e. The third-order valence-electron chi connectivity index (χ3n) is 12.3. The van der Waals surface area contributed by atoms with E-state index in [1.54, 1.807) is 0 Å². The Morgan fingerprint density at radius 3 is 1.25 bits per heavy atom. The molecule has 0 unspecified atom stereocenters. The average molecular weight is 806 g/mol. The zero-order chi connectivity index (χ0) is 41.7. The number of hydrogen-bond acceptors (Lipinski definition) is 3. The SMILES string of the molecule is c1ccc(-c2cccc(-c3ccc(-c4ccc(N(c5ccc(-c6ccc7oc8ccccc8c7c6)cc5)c5ccc(-c6cccc7c6oc6ccccc67)cc5)cc4)cc3)c2)cc1. The van der Waals surface area contributed by atoms with Gasteiger partial charge in [-0.3, -0.25) is 0 Å². The molecule has 12 rings (SSSR count). The lowest BCUT2D eigenvalue weighted by molar-refractivity contribution is 0.669. The molecule has 2 aromatic heterocycles. The van der Waals surface area contributed by atoms with Crippen molar-refractivity contribution in [1.82, 2.24) is 0 Å². The number of fused-ring (bicyclic) bond motifs is 6. The van der Waals surface area contributed by atoms with Gasteiger partial charge in [-0.2, -0.15) is 0 Å². The molecule has 0 aliphatic rings. The first-order chi connectivity index (χ1) is 31.2. The first-order valence-electron chi connectivity index (χ1n) is 21.4. The first kappa shape index (κ1) is 36.5. The fourth-order valence-corrected chi connectivity index (χ4v) is 9.09. The average Bonchev–Trinajstić information content (AvgIpc) is 3.94. The summed E-state index contributed by atoms with van der Waals surface area (Å²) in [4.78, 5) is 2.33. The molecule has 0 saturated carbocycles. The lowest BCUT2D eigenvalue weighted by atomic mass is 9.97. The molecule has 2 heterocycles. The van der Waals surface area contributed by atoms with Crippen molar-refractivity contribution in [2.45, 2.75) is 0 Å². The van der Waals surface area contributed by atoms with Gasteiger partial charge >= 0.3 is 0 Å². The minimum Gasteiger partial charge on any atom is -0.456 e. The van der Waals surface area contributed by atoms with Gasteiger partial charge in [0.05, 0.1) is 0 Å². The quantitative estimate of drug-likeness (QED) is 0.153. The standard InChI is InChI=1S/C60H39NO2/c1-2-10-40(11-3-1)46-12-8-13-47(38-46)43-22-20-41(21-23-43)42-24-31-49(32-25-42)61(50-33-26-44(27-34-50)48-30-37-59-56(39-48)54-15-5-6-18-57(54)62-59)51-35-28-45(29-36-51)52-16-9-17-55-53-14-4-7-19-58(53)63-60(52)55/h1-39H. The second-order valence-electron chi connectivity index (χ2n) is 16.1. The molecule has 0 aliphatic carbocycles. The van der Waals surface area contributed by atoms with Crippen molar-refractivity contribution < 1.29 is 8.83 Å². The zero-order valence-corrected chi connectivity index (χ0v) is 34.3. The third-order valence-corrected chi connectivity index (χ3v) is 12.3. The van der Waals surface area contributed by atoms with Gasteiger partial charge in [0.1, 0.15) is 22.3 Å². The summed E-state index contributed by atoms with van der Waals surface area (Å²) in [5.74, 6) is 0. The Morgan fingerprint density at radius 2 is 0.635 bits per heavy atom. The van der Waals surface area contributed by atoms with Gasteiger partial charge in [0.25, 0.3) is 0 Å². The van der Waals surface area contributed by atoms with Crippen molar-refractivity contribution in [1.29, 1.82) is 0 Å². The molecule has 12 aromatic rings. The van der Waals surface area contributed by atoms with Crippen molar-refractivity contribution in [3.63, 3.8) is 0 Å². The lowest BCUT2D eigenvalue weighted by Gasteiger charge is -2.26. The third kappa shape index (κ3) is 6.64. The second-order valence-corrected chi connectivity index (χ2v) is 16.1. The molecule has 0 saturated heterocycles. The van der Waals surface area contributed by atoms with Crippen molar-refractivity contribution in [3.8, 4) is 55.6 Å². The number of nitrogens with zero attached hydrogens (tertiary/aromatic N) is 1. The maximum absolute atomic E-state index is 6.42. The highest BCUT2D eigenvalue weighted by Gasteiger charge is 2.17. The van der Waals surface area contributed by atoms with Gasteiger partial charge in [0.15, 0.2) is 0 Å². The molecule has 0 bridgehead atoms. The molecule has 0 amide bonds. The van der Waals surface area contributed by atoms with Crippen LogP contribution < -0.4 is 4.90 Å². The van der Waals surface area contributed by atoms with Crippen LogP contribution in [-0.2, 0) is 0 Å². The number of rotatable bonds is 8. The maximum Gasteiger partial charge on any atom is 0.143 e. The van der Waals surface area contributed by atoms with Crippen molar-refractivity contribution in [3.05, 3.63) is 237 Å². The van der Waals surface area contributed by atoms with E-state index in [2.05, 4.69) is 217 Å². The van der Waals surface area contributed by atoms with E-state index in [1.165, 1.54) is 27.8 Å². The van der Waals surface area contributed by atoms with E-state index >= 15 is 0 Å². The molecule has 63 heavy (non-hydrogen) atoms. The first-order valence-corrected chi connectivity index (χ1v) is 21.4. The molecule has 0 aliphatic heterocycles. The van der Waals surface area contributed by atoms with Gasteiger partial charge in [0.2, 0.25) is 0 Å². The summed E-state index contributed by atoms with van der Waals surface area (Å²) >= 11 is 0. The van der Waals surface area contributed by atoms with Gasteiger partial charge in [-0.05, 0) is 117 Å². The summed E-state index contributed by atoms with van der Waals surface area (Å²) in [6.07, 6.45) is 0. The predicted octanol–water partition coefficient (Wildman–Crippen LogP) is 17.3. The number of hydrogen-bond donors (Lipinski definition) is 0. The van der Waals surface area contributed by atoms with Crippen molar-refractivity contribution in [2.24, 2.45) is 0 Å². The van der Waals surface area contributed by atoms with Crippen LogP contribution in [-0.4, -0.2) is 0 Å². The highest BCUT2D eigenvalue weighted by molar-refractivity contribution is 6.10. The van der Waals surface area contributed by atoms with Crippen LogP contribution >= 0.6 is 0 Å². The summed E-state index contributed by atoms with van der Waals surface area (Å²) < 4.78 is 12.6. The Labute approximate surface area is 365 Å². The molecule has 0 radical (unpaired) electrons. The molecule has 3 nitrogen and oxygen atoms in total. The predicted molar refractivity (Wildman–Crippen MR) is 263 cm³/mol. The van der Waals surface area contributed by atoms with Crippen molar-refractivity contribution >= 4 is 60.9 Å². The van der Waals surface area contributed by atoms with Gasteiger partial charge in [-0.1, -0.05) is 170 Å². The van der Waals surface area contributed by atoms with E-state index in [4.69, 9.17) is 8.83 Å². The number of anilines is 3. The number of benzene rings is 10. The van der Waals surface area contributed by atoms with E-state index in [0.717, 1.165) is 88.8 Å². The fourth-order valence-electron chi connectivity index (χ4n) is 9.09. The molecular formula is C60H39NO2. The minimum absolute atomic E-state index is 0.899. The Balaban J connectivity index is 0.884. The monoisotopic (exact) mass is 805 g/mol. The Kier molecular flexibility index (Phi) is 8.83. The van der Waals surface area contributed by atoms with Crippen LogP contribution in [0, 0.1) is 0 Å². The Bertz CT molecular complexity index is 3580. The van der Waals surface area contributed by atoms with E-state index in [0.29, 0.717) is 0 Å². The Morgan fingerprint density at radius 1 is 0.238 bits per heavy atom. The van der Waals surface area contributed by atoms with Gasteiger partial charge in [0, 0.05) is 44.2 Å². The number of furan rings is 2. The van der Waals surface area contributed by atoms with Gasteiger partial charge < -0.3 is 13.7 Å². The highest BCUT2D eigenvalue weighted by atomic mass is 16.3. The molecule has 0 spiro atoms. The zero-order valence-electron chi connectivity index (χ0n) is 34.3. The van der Waals surface area contributed by atoms with Crippen LogP contribution in [0.5, 0.6) is 0 Å². The summed E-state index contributed by atoms with van der Waals surface area (Å²) in [6.45, 7) is 0. The topological polar surface area (TPSA) is 29.5 Å². The Hall–Kier alpha value is -8.40. The molecule has 10 aromatic carbocycles. The molecule has 296 valence electrons. The lowest BCUT2D eigenvalue weighted by Crippen LogP contribution is -2.09. The molecule has 3 heteroatoms. The summed E-state index contributed by atoms with van der Waals surface area (Å²) in [5, 5.41) is 4.51. The van der Waals surface area contributed by atoms with E-state index < -0.39 is 0 Å². The van der Waals surface area contributed by atoms with Crippen LogP contribution in [0.3, 0.4) is 0 Å². The normalized spacial score (nSPS) is 11.5. The maximum atomic E-state index is 6.42. The van der Waals surface area contributed by atoms with Crippen LogP contribution in [0.4, 0.5) is 17.1 Å². The van der Waals surface area contributed by atoms with Crippen molar-refractivity contribution in [2.75, 3.05) is 4.90 Å². The van der Waals surface area contributed by atoms with Crippen LogP contribution in [0.2, 0.25) is 0 Å². The van der Waals surface area contributed by atoms with Gasteiger partial charge in [-0.15, -0.1) is 0 Å². The van der Waals surface area contributed by atoms with E-state index in [1.807, 2.05) is 24.3 Å². The fraction of sp³-hybridized carbons (Fsp3) is 0. The van der Waals surface area contributed by atoms with E-state index in [-0.39, 0.29) is 0 Å².